The van der Waals surface area contributed by atoms with Gasteiger partial charge in [0.2, 0.25) is 15.9 Å². The second kappa shape index (κ2) is 12.1. The average Bonchev–Trinajstić information content (AvgIpc) is 3.49. The Morgan fingerprint density at radius 1 is 0.878 bits per heavy atom. The largest absolute Gasteiger partial charge is 0.368 e. The molecule has 0 radical (unpaired) electrons. The molecule has 0 spiro atoms. The van der Waals surface area contributed by atoms with Gasteiger partial charge in [0, 0.05) is 67.2 Å². The van der Waals surface area contributed by atoms with Gasteiger partial charge in [0.1, 0.15) is 0 Å². The smallest absolute Gasteiger partial charge is 0.242 e. The molecular formula is C32H37N5O3S. The first-order valence-electron chi connectivity index (χ1n) is 14.4. The van der Waals surface area contributed by atoms with Gasteiger partial charge < -0.3 is 14.8 Å². The summed E-state index contributed by atoms with van der Waals surface area (Å²) in [5.74, 6) is -0.256. The van der Waals surface area contributed by atoms with Crippen LogP contribution >= 0.6 is 0 Å². The number of aryl methyl sites for hydroxylation is 2. The van der Waals surface area contributed by atoms with Crippen molar-refractivity contribution in [2.45, 2.75) is 25.3 Å². The highest BCUT2D eigenvalue weighted by Gasteiger charge is 2.33. The average molecular weight is 572 g/mol. The number of carbonyl (C=O) groups is 1. The molecule has 2 N–H and O–H groups in total. The Morgan fingerprint density at radius 3 is 2.46 bits per heavy atom. The van der Waals surface area contributed by atoms with E-state index < -0.39 is 10.0 Å². The molecule has 1 fully saturated rings. The Morgan fingerprint density at radius 2 is 1.63 bits per heavy atom. The van der Waals surface area contributed by atoms with Crippen LogP contribution in [0.3, 0.4) is 0 Å². The molecule has 0 bridgehead atoms. The van der Waals surface area contributed by atoms with Crippen molar-refractivity contribution in [2.75, 3.05) is 54.8 Å². The highest BCUT2D eigenvalue weighted by Crippen LogP contribution is 2.32. The van der Waals surface area contributed by atoms with Crippen LogP contribution < -0.4 is 14.5 Å². The number of H-pyrrole nitrogens is 1. The molecule has 0 aliphatic carbocycles. The van der Waals surface area contributed by atoms with Gasteiger partial charge in [0.25, 0.3) is 0 Å². The number of sulfonamides is 1. The molecule has 4 aromatic rings. The maximum absolute atomic E-state index is 13.6. The number of piperazine rings is 1. The van der Waals surface area contributed by atoms with E-state index >= 15 is 0 Å². The van der Waals surface area contributed by atoms with Gasteiger partial charge in [-0.15, -0.1) is 0 Å². The molecule has 3 heterocycles. The zero-order chi connectivity index (χ0) is 28.2. The van der Waals surface area contributed by atoms with Crippen LogP contribution in [0.15, 0.2) is 85.1 Å². The summed E-state index contributed by atoms with van der Waals surface area (Å²) in [6.07, 6.45) is 4.15. The van der Waals surface area contributed by atoms with Crippen LogP contribution in [0.1, 0.15) is 17.5 Å². The lowest BCUT2D eigenvalue weighted by molar-refractivity contribution is -0.118. The molecule has 214 valence electrons. The van der Waals surface area contributed by atoms with E-state index in [1.807, 2.05) is 59.6 Å². The van der Waals surface area contributed by atoms with Gasteiger partial charge in [0.05, 0.1) is 12.3 Å². The van der Waals surface area contributed by atoms with Crippen LogP contribution in [0.2, 0.25) is 0 Å². The third kappa shape index (κ3) is 6.32. The van der Waals surface area contributed by atoms with Gasteiger partial charge in [0.15, 0.2) is 0 Å². The van der Waals surface area contributed by atoms with E-state index in [0.29, 0.717) is 6.42 Å². The van der Waals surface area contributed by atoms with E-state index in [1.54, 1.807) is 0 Å². The molecule has 2 aliphatic heterocycles. The Hall–Kier alpha value is -3.66. The number of para-hydroxylation sites is 1. The molecule has 1 aromatic heterocycles. The lowest BCUT2D eigenvalue weighted by Gasteiger charge is -2.42. The van der Waals surface area contributed by atoms with Gasteiger partial charge in [-0.05, 0) is 54.7 Å². The van der Waals surface area contributed by atoms with Crippen molar-refractivity contribution in [1.82, 2.24) is 14.6 Å². The number of aromatic nitrogens is 1. The fraction of sp³-hybridized carbons (Fsp3) is 0.344. The summed E-state index contributed by atoms with van der Waals surface area (Å²) < 4.78 is 28.1. The molecule has 0 saturated carbocycles. The van der Waals surface area contributed by atoms with Gasteiger partial charge in [-0.3, -0.25) is 9.69 Å². The number of anilines is 2. The van der Waals surface area contributed by atoms with Gasteiger partial charge in [-0.2, -0.15) is 0 Å². The lowest BCUT2D eigenvalue weighted by Crippen LogP contribution is -2.55. The van der Waals surface area contributed by atoms with Crippen molar-refractivity contribution in [2.24, 2.45) is 0 Å². The SMILES string of the molecule is O=C(CNS(=O)(=O)CCc1ccccc1)N1c2ccccc2CCC1CN1CCN(c2cccc3[nH]ccc23)CC1. The minimum absolute atomic E-state index is 0.00845. The molecule has 1 atom stereocenters. The van der Waals surface area contributed by atoms with Crippen molar-refractivity contribution in [3.63, 3.8) is 0 Å². The Bertz CT molecular complexity index is 1600. The van der Waals surface area contributed by atoms with Crippen molar-refractivity contribution in [3.8, 4) is 0 Å². The Balaban J connectivity index is 1.10. The topological polar surface area (TPSA) is 88.8 Å². The second-order valence-corrected chi connectivity index (χ2v) is 12.9. The van der Waals surface area contributed by atoms with Crippen LogP contribution in [-0.2, 0) is 27.7 Å². The van der Waals surface area contributed by atoms with Crippen LogP contribution in [0, 0.1) is 0 Å². The van der Waals surface area contributed by atoms with Gasteiger partial charge >= 0.3 is 0 Å². The molecule has 1 amide bonds. The third-order valence-electron chi connectivity index (χ3n) is 8.33. The predicted octanol–water partition coefficient (Wildman–Crippen LogP) is 3.80. The van der Waals surface area contributed by atoms with Crippen molar-refractivity contribution in [1.29, 1.82) is 0 Å². The first-order chi connectivity index (χ1) is 20.0. The van der Waals surface area contributed by atoms with Crippen LogP contribution in [0.5, 0.6) is 0 Å². The van der Waals surface area contributed by atoms with Crippen molar-refractivity contribution in [3.05, 3.63) is 96.2 Å². The Kier molecular flexibility index (Phi) is 8.09. The molecule has 6 rings (SSSR count). The summed E-state index contributed by atoms with van der Waals surface area (Å²) in [5, 5.41) is 1.24. The van der Waals surface area contributed by atoms with E-state index in [9.17, 15) is 13.2 Å². The first-order valence-corrected chi connectivity index (χ1v) is 16.1. The number of hydrogen-bond donors (Lipinski definition) is 2. The van der Waals surface area contributed by atoms with Crippen molar-refractivity contribution >= 4 is 38.2 Å². The molecule has 8 nitrogen and oxygen atoms in total. The number of rotatable bonds is 9. The zero-order valence-electron chi connectivity index (χ0n) is 23.2. The number of aromatic amines is 1. The molecule has 1 saturated heterocycles. The van der Waals surface area contributed by atoms with Crippen LogP contribution in [-0.4, -0.2) is 75.3 Å². The van der Waals surface area contributed by atoms with Crippen LogP contribution in [0.25, 0.3) is 10.9 Å². The summed E-state index contributed by atoms with van der Waals surface area (Å²) in [6, 6.07) is 26.0. The number of benzene rings is 3. The Labute approximate surface area is 242 Å². The third-order valence-corrected chi connectivity index (χ3v) is 9.66. The van der Waals surface area contributed by atoms with Crippen LogP contribution in [0.4, 0.5) is 11.4 Å². The van der Waals surface area contributed by atoms with E-state index in [4.69, 9.17) is 0 Å². The molecule has 9 heteroatoms. The number of fused-ring (bicyclic) bond motifs is 2. The molecular weight excluding hydrogens is 534 g/mol. The highest BCUT2D eigenvalue weighted by molar-refractivity contribution is 7.89. The number of hydrogen-bond acceptors (Lipinski definition) is 5. The standard InChI is InChI=1S/C32H37N5O3S/c38-32(23-34-41(39,40)22-16-25-7-2-1-3-8-25)37-27(14-13-26-9-4-5-11-30(26)37)24-35-18-20-36(21-19-35)31-12-6-10-29-28(31)15-17-33-29/h1-12,15,17,27,33-34H,13-14,16,18-24H2. The number of nitrogens with zero attached hydrogens (tertiary/aromatic N) is 3. The predicted molar refractivity (Wildman–Crippen MR) is 165 cm³/mol. The summed E-state index contributed by atoms with van der Waals surface area (Å²) in [5.41, 5.74) is 5.39. The minimum Gasteiger partial charge on any atom is -0.368 e. The number of carbonyl (C=O) groups excluding carboxylic acids is 1. The molecule has 1 unspecified atom stereocenters. The summed E-state index contributed by atoms with van der Waals surface area (Å²) in [7, 11) is -3.60. The lowest BCUT2D eigenvalue weighted by atomic mass is 9.95. The highest BCUT2D eigenvalue weighted by atomic mass is 32.2. The van der Waals surface area contributed by atoms with Gasteiger partial charge in [-0.1, -0.05) is 54.6 Å². The molecule has 41 heavy (non-hydrogen) atoms. The molecule has 3 aromatic carbocycles. The first kappa shape index (κ1) is 27.5. The fourth-order valence-electron chi connectivity index (χ4n) is 6.16. The maximum atomic E-state index is 13.6. The maximum Gasteiger partial charge on any atom is 0.242 e. The van der Waals surface area contributed by atoms with Crippen molar-refractivity contribution < 1.29 is 13.2 Å². The summed E-state index contributed by atoms with van der Waals surface area (Å²) in [6.45, 7) is 4.19. The molecule has 2 aliphatic rings. The second-order valence-electron chi connectivity index (χ2n) is 11.0. The monoisotopic (exact) mass is 571 g/mol. The minimum atomic E-state index is -3.60. The number of nitrogens with one attached hydrogen (secondary N) is 2. The number of amides is 1. The van der Waals surface area contributed by atoms with E-state index in [1.165, 1.54) is 11.1 Å². The normalized spacial score (nSPS) is 18.0. The van der Waals surface area contributed by atoms with E-state index in [-0.39, 0.29) is 24.2 Å². The summed E-state index contributed by atoms with van der Waals surface area (Å²) in [4.78, 5) is 23.7. The van der Waals surface area contributed by atoms with E-state index in [0.717, 1.165) is 67.9 Å². The van der Waals surface area contributed by atoms with E-state index in [2.05, 4.69) is 49.8 Å². The summed E-state index contributed by atoms with van der Waals surface area (Å²) >= 11 is 0. The van der Waals surface area contributed by atoms with Gasteiger partial charge in [-0.25, -0.2) is 13.1 Å². The fourth-order valence-corrected chi connectivity index (χ4v) is 7.15. The quantitative estimate of drug-likeness (QED) is 0.319. The zero-order valence-corrected chi connectivity index (χ0v) is 24.0.